The van der Waals surface area contributed by atoms with E-state index in [1.165, 1.54) is 0 Å². The zero-order valence-corrected chi connectivity index (χ0v) is 44.7. The van der Waals surface area contributed by atoms with Crippen LogP contribution in [0.4, 0.5) is 4.79 Å². The summed E-state index contributed by atoms with van der Waals surface area (Å²) in [5, 5.41) is 0. The molecule has 2 atom stereocenters. The van der Waals surface area contributed by atoms with Crippen LogP contribution < -0.4 is 20.0 Å². The van der Waals surface area contributed by atoms with Crippen molar-refractivity contribution in [3.05, 3.63) is 142 Å². The largest absolute Gasteiger partial charge is 0.686 e. The maximum absolute atomic E-state index is 14.7. The van der Waals surface area contributed by atoms with E-state index in [9.17, 15) is 14.4 Å². The zero-order valence-electron chi connectivity index (χ0n) is 42.7. The highest BCUT2D eigenvalue weighted by Crippen LogP contribution is 2.36. The summed E-state index contributed by atoms with van der Waals surface area (Å²) in [5.41, 5.74) is 12.3. The molecule has 3 heterocycles. The van der Waals surface area contributed by atoms with Crippen LogP contribution in [0.3, 0.4) is 0 Å². The lowest BCUT2D eigenvalue weighted by molar-refractivity contribution is -0.580. The Bertz CT molecular complexity index is 2330. The topological polar surface area (TPSA) is 103 Å². The third kappa shape index (κ3) is 9.03. The van der Waals surface area contributed by atoms with Crippen molar-refractivity contribution in [1.29, 1.82) is 0 Å². The van der Waals surface area contributed by atoms with Crippen molar-refractivity contribution in [2.45, 2.75) is 158 Å². The Morgan fingerprint density at radius 2 is 0.657 bits per heavy atom. The smallest absolute Gasteiger partial charge is 0.435 e. The third-order valence-electron chi connectivity index (χ3n) is 13.3. The Hall–Kier alpha value is -5.12. The van der Waals surface area contributed by atoms with Crippen molar-refractivity contribution in [3.8, 4) is 22.7 Å². The van der Waals surface area contributed by atoms with Crippen LogP contribution in [0.25, 0.3) is 22.7 Å². The minimum atomic E-state index is -5.15. The van der Waals surface area contributed by atoms with Crippen LogP contribution in [0.2, 0.25) is 0 Å². The lowest BCUT2D eigenvalue weighted by Crippen LogP contribution is -2.80. The third-order valence-corrected chi connectivity index (χ3v) is 18.5. The summed E-state index contributed by atoms with van der Waals surface area (Å²) in [4.78, 5) is 42.3. The van der Waals surface area contributed by atoms with Gasteiger partial charge in [0, 0.05) is 44.5 Å². The summed E-state index contributed by atoms with van der Waals surface area (Å²) in [7, 11) is -10.3. The molecule has 0 radical (unpaired) electrons. The van der Waals surface area contributed by atoms with Crippen LogP contribution in [0.15, 0.2) is 97.6 Å². The van der Waals surface area contributed by atoms with Crippen molar-refractivity contribution in [1.82, 2.24) is 9.13 Å². The van der Waals surface area contributed by atoms with Gasteiger partial charge in [0.05, 0.1) is 0 Å². The van der Waals surface area contributed by atoms with Crippen molar-refractivity contribution < 1.29 is 36.5 Å². The molecule has 0 bridgehead atoms. The maximum Gasteiger partial charge on any atom is 0.686 e. The highest BCUT2D eigenvalue weighted by atomic mass is 28.5. The number of hydrogen-bond donors (Lipinski definition) is 2. The molecule has 0 saturated carbocycles. The van der Waals surface area contributed by atoms with E-state index >= 15 is 0 Å². The van der Waals surface area contributed by atoms with Crippen LogP contribution in [0.5, 0.6) is 0 Å². The summed E-state index contributed by atoms with van der Waals surface area (Å²) < 4.78 is 27.3. The summed E-state index contributed by atoms with van der Waals surface area (Å²) in [5.74, 6) is 0.681. The number of carbonyl (C=O) groups excluding carboxylic acids is 1. The van der Waals surface area contributed by atoms with Gasteiger partial charge in [0.1, 0.15) is 47.5 Å². The van der Waals surface area contributed by atoms with E-state index in [4.69, 9.17) is 13.0 Å². The first-order valence-electron chi connectivity index (χ1n) is 24.4. The molecule has 2 aromatic heterocycles. The number of benzene rings is 4. The molecule has 6 aromatic rings. The van der Waals surface area contributed by atoms with Crippen LogP contribution in [0.1, 0.15) is 203 Å². The molecule has 1 aliphatic heterocycles. The Morgan fingerprint density at radius 1 is 0.418 bits per heavy atom. The molecule has 67 heavy (non-hydrogen) atoms. The summed E-state index contributed by atoms with van der Waals surface area (Å²) >= 11 is 0. The fraction of sp³-hybridized carbons (Fsp3) is 0.436. The van der Waals surface area contributed by atoms with E-state index in [1.54, 1.807) is 0 Å². The van der Waals surface area contributed by atoms with Gasteiger partial charge in [-0.3, -0.25) is 0 Å². The van der Waals surface area contributed by atoms with E-state index < -0.39 is 23.8 Å². The molecular weight excluding hydrogens is 869 g/mol. The van der Waals surface area contributed by atoms with E-state index in [1.807, 2.05) is 43.1 Å². The fourth-order valence-corrected chi connectivity index (χ4v) is 15.3. The first kappa shape index (κ1) is 49.8. The van der Waals surface area contributed by atoms with Gasteiger partial charge in [-0.2, -0.15) is 18.3 Å². The van der Waals surface area contributed by atoms with Gasteiger partial charge >= 0.3 is 34.7 Å². The Morgan fingerprint density at radius 3 is 0.896 bits per heavy atom. The molecule has 1 saturated heterocycles. The van der Waals surface area contributed by atoms with Gasteiger partial charge in [0.25, 0.3) is 0 Å². The molecule has 2 N–H and O–H groups in total. The lowest BCUT2D eigenvalue weighted by atomic mass is 9.92. The molecule has 4 aromatic carbocycles. The van der Waals surface area contributed by atoms with Crippen molar-refractivity contribution in [2.24, 2.45) is 0 Å². The lowest BCUT2D eigenvalue weighted by Gasteiger charge is -2.33. The van der Waals surface area contributed by atoms with Gasteiger partial charge in [0.2, 0.25) is 0 Å². The van der Waals surface area contributed by atoms with E-state index in [-0.39, 0.29) is 58.2 Å². The molecule has 0 unspecified atom stereocenters. The number of hydrogen-bond acceptors (Lipinski definition) is 6. The van der Waals surface area contributed by atoms with Crippen LogP contribution in [0, 0.1) is 0 Å². The molecule has 12 heteroatoms. The van der Waals surface area contributed by atoms with Crippen LogP contribution >= 0.6 is 0 Å². The van der Waals surface area contributed by atoms with Gasteiger partial charge in [-0.1, -0.05) is 184 Å². The molecule has 7 rings (SSSR count). The predicted molar refractivity (Wildman–Crippen MR) is 271 cm³/mol. The van der Waals surface area contributed by atoms with E-state index in [2.05, 4.69) is 184 Å². The summed E-state index contributed by atoms with van der Waals surface area (Å²) in [6.07, 6.45) is 6.55. The van der Waals surface area contributed by atoms with Crippen molar-refractivity contribution in [3.63, 3.8) is 0 Å². The zero-order chi connectivity index (χ0) is 49.0. The van der Waals surface area contributed by atoms with E-state index in [0.717, 1.165) is 67.3 Å². The highest BCUT2D eigenvalue weighted by molar-refractivity contribution is 6.88. The van der Waals surface area contributed by atoms with Crippen molar-refractivity contribution >= 4 is 34.7 Å². The van der Waals surface area contributed by atoms with Gasteiger partial charge in [-0.25, -0.2) is 4.79 Å². The second-order valence-corrected chi connectivity index (χ2v) is 25.3. The van der Waals surface area contributed by atoms with Gasteiger partial charge in [0.15, 0.2) is 0 Å². The molecule has 1 aliphatic rings. The summed E-state index contributed by atoms with van der Waals surface area (Å²) in [6.45, 7) is 34.5. The Labute approximate surface area is 401 Å². The summed E-state index contributed by atoms with van der Waals surface area (Å²) in [6, 6.07) is 25.2. The van der Waals surface area contributed by atoms with Crippen LogP contribution in [-0.4, -0.2) is 42.5 Å². The molecule has 0 aliphatic carbocycles. The van der Waals surface area contributed by atoms with Crippen molar-refractivity contribution in [2.75, 3.05) is 0 Å². The number of imidazole rings is 2. The number of carbonyl (C=O) groups is 1. The first-order chi connectivity index (χ1) is 31.5. The first-order valence-corrected chi connectivity index (χ1v) is 27.9. The maximum atomic E-state index is 14.7. The fourth-order valence-electron chi connectivity index (χ4n) is 9.93. The standard InChI is InChI=1S/C55H74N4O6Si2/c1-33(2)41-21-17-22-42(34(3)4)49(41)56-29-30-57(50-43(35(5)6)23-18-24-44(50)36(7)8)53(56)66(61)63-55(60)64-67(62,65-66)54-58(51-45(37(9)10)25-19-26-46(51)38(11)12)31-32-59(54)52-47(39(13)14)27-20-28-48(52)40(15)16/h17-40,61-62H,1-16H3/q+2/t66-,67-/m0/s1. The Kier molecular flexibility index (Phi) is 14.2. The highest BCUT2D eigenvalue weighted by Gasteiger charge is 2.73. The van der Waals surface area contributed by atoms with Gasteiger partial charge in [-0.05, 0) is 47.3 Å². The molecule has 0 spiro atoms. The minimum absolute atomic E-state index is 0.0851. The molecule has 10 nitrogen and oxygen atoms in total. The molecule has 0 amide bonds. The van der Waals surface area contributed by atoms with Gasteiger partial charge in [-0.15, -0.1) is 0 Å². The second-order valence-electron chi connectivity index (χ2n) is 20.8. The molecule has 356 valence electrons. The second kappa shape index (κ2) is 19.1. The monoisotopic (exact) mass is 943 g/mol. The molecule has 1 fully saturated rings. The average molecular weight is 943 g/mol. The number of nitrogens with zero attached hydrogens (tertiary/aromatic N) is 4. The average Bonchev–Trinajstić information content (AvgIpc) is 3.91. The Balaban J connectivity index is 1.64. The SMILES string of the molecule is CC(C)c1cccc(C(C)C)c1-n1cc[n+](-c2c(C(C)C)cccc2C(C)C)c1[Si@]1(O)OC(=O)O[Si@@](O)(c2n(-c3c(C(C)C)cccc3C(C)C)cc[n+]2-c2c(C(C)C)cccc2C(C)C)O1. The number of rotatable bonds is 14. The van der Waals surface area contributed by atoms with E-state index in [0.29, 0.717) is 0 Å². The number of aromatic nitrogens is 4. The minimum Gasteiger partial charge on any atom is -0.435 e. The normalized spacial score (nSPS) is 17.9. The van der Waals surface area contributed by atoms with Gasteiger partial charge < -0.3 is 22.6 Å². The molecular formula is C55H74N4O6Si2+2. The predicted octanol–water partition coefficient (Wildman–Crippen LogP) is 11.0. The quantitative estimate of drug-likeness (QED) is 0.0833. The van der Waals surface area contributed by atoms with Crippen LogP contribution in [-0.2, 0) is 13.0 Å². The number of para-hydroxylation sites is 4.